The summed E-state index contributed by atoms with van der Waals surface area (Å²) < 4.78 is 33.5. The van der Waals surface area contributed by atoms with Crippen LogP contribution >= 0.6 is 0 Å². The van der Waals surface area contributed by atoms with E-state index in [0.717, 1.165) is 11.6 Å². The molecule has 0 spiro atoms. The predicted molar refractivity (Wildman–Crippen MR) is 101 cm³/mol. The van der Waals surface area contributed by atoms with Crippen LogP contribution in [0.15, 0.2) is 65.7 Å². The highest BCUT2D eigenvalue weighted by Gasteiger charge is 2.15. The van der Waals surface area contributed by atoms with Gasteiger partial charge in [-0.05, 0) is 47.9 Å². The molecule has 0 aliphatic heterocycles. The summed E-state index contributed by atoms with van der Waals surface area (Å²) in [5.41, 5.74) is 2.46. The number of rotatable bonds is 4. The molecule has 0 radical (unpaired) electrons. The molecule has 0 heterocycles. The molecule has 0 aliphatic rings. The zero-order valence-electron chi connectivity index (χ0n) is 14.9. The Morgan fingerprint density at radius 1 is 0.963 bits per heavy atom. The maximum absolute atomic E-state index is 14.5. The van der Waals surface area contributed by atoms with Crippen molar-refractivity contribution >= 4 is 12.2 Å². The average Bonchev–Trinajstić information content (AvgIpc) is 2.63. The summed E-state index contributed by atoms with van der Waals surface area (Å²) in [7, 11) is 1.68. The lowest BCUT2D eigenvalue weighted by Gasteiger charge is -2.09. The Balaban J connectivity index is 1.81. The quantitative estimate of drug-likeness (QED) is 0.362. The molecule has 0 atom stereocenters. The molecule has 0 amide bonds. The molecule has 0 bridgehead atoms. The van der Waals surface area contributed by atoms with Crippen LogP contribution in [0, 0.1) is 18.6 Å². The number of aliphatic imine (C=N–C) groups is 1. The van der Waals surface area contributed by atoms with E-state index in [1.165, 1.54) is 24.3 Å². The average molecular weight is 365 g/mol. The summed E-state index contributed by atoms with van der Waals surface area (Å²) in [6, 6.07) is 15.5. The number of nitrogens with zero attached hydrogens (tertiary/aromatic N) is 1. The predicted octanol–water partition coefficient (Wildman–Crippen LogP) is 5.21. The Bertz CT molecular complexity index is 1010. The van der Waals surface area contributed by atoms with Gasteiger partial charge in [-0.2, -0.15) is 0 Å². The van der Waals surface area contributed by atoms with E-state index in [4.69, 9.17) is 4.74 Å². The topological polar surface area (TPSA) is 38.7 Å². The van der Waals surface area contributed by atoms with Crippen LogP contribution in [0.3, 0.4) is 0 Å². The smallest absolute Gasteiger partial charge is 0.346 e. The maximum Gasteiger partial charge on any atom is 0.346 e. The highest BCUT2D eigenvalue weighted by atomic mass is 19.1. The van der Waals surface area contributed by atoms with Gasteiger partial charge in [0.1, 0.15) is 17.4 Å². The highest BCUT2D eigenvalue weighted by molar-refractivity contribution is 5.91. The first kappa shape index (κ1) is 18.5. The minimum atomic E-state index is -0.872. The lowest BCUT2D eigenvalue weighted by atomic mass is 10.0. The Morgan fingerprint density at radius 2 is 1.70 bits per heavy atom. The molecule has 0 fully saturated rings. The molecule has 0 aromatic heterocycles. The van der Waals surface area contributed by atoms with Gasteiger partial charge in [0.15, 0.2) is 0 Å². The molecule has 0 N–H and O–H groups in total. The van der Waals surface area contributed by atoms with Gasteiger partial charge < -0.3 is 4.74 Å². The lowest BCUT2D eigenvalue weighted by Crippen LogP contribution is -2.11. The molecule has 136 valence electrons. The van der Waals surface area contributed by atoms with E-state index in [0.29, 0.717) is 16.7 Å². The van der Waals surface area contributed by atoms with Crippen LogP contribution in [0.2, 0.25) is 0 Å². The number of hydrogen-bond donors (Lipinski definition) is 0. The van der Waals surface area contributed by atoms with Gasteiger partial charge in [0.05, 0.1) is 5.56 Å². The number of carbonyl (C=O) groups excluding carboxylic acids is 1. The molecule has 3 aromatic rings. The first-order valence-electron chi connectivity index (χ1n) is 8.28. The van der Waals surface area contributed by atoms with Gasteiger partial charge in [-0.15, -0.1) is 0 Å². The van der Waals surface area contributed by atoms with E-state index in [-0.39, 0.29) is 11.3 Å². The van der Waals surface area contributed by atoms with Crippen LogP contribution in [0.1, 0.15) is 21.5 Å². The number of benzene rings is 3. The number of halogens is 2. The summed E-state index contributed by atoms with van der Waals surface area (Å²) in [5, 5.41) is 0. The fourth-order valence-electron chi connectivity index (χ4n) is 2.64. The molecule has 0 saturated carbocycles. The van der Waals surface area contributed by atoms with Crippen LogP contribution in [-0.2, 0) is 0 Å². The van der Waals surface area contributed by atoms with Crippen molar-refractivity contribution in [2.45, 2.75) is 6.92 Å². The SMILES string of the molecule is C/N=C\c1ccc(-c2ccc(OC(=O)c3ccc(C)cc3F)cc2F)cc1. The Morgan fingerprint density at radius 3 is 2.33 bits per heavy atom. The van der Waals surface area contributed by atoms with Crippen molar-refractivity contribution in [3.63, 3.8) is 0 Å². The first-order chi connectivity index (χ1) is 13.0. The lowest BCUT2D eigenvalue weighted by molar-refractivity contribution is 0.0729. The van der Waals surface area contributed by atoms with Gasteiger partial charge in [0.2, 0.25) is 0 Å². The second-order valence-electron chi connectivity index (χ2n) is 6.02. The summed E-state index contributed by atoms with van der Waals surface area (Å²) in [4.78, 5) is 16.0. The van der Waals surface area contributed by atoms with Gasteiger partial charge in [0.25, 0.3) is 0 Å². The van der Waals surface area contributed by atoms with Crippen molar-refractivity contribution in [1.82, 2.24) is 0 Å². The second kappa shape index (κ2) is 7.91. The van der Waals surface area contributed by atoms with Crippen molar-refractivity contribution in [1.29, 1.82) is 0 Å². The summed E-state index contributed by atoms with van der Waals surface area (Å²) >= 11 is 0. The van der Waals surface area contributed by atoms with Gasteiger partial charge in [0, 0.05) is 24.9 Å². The molecule has 0 unspecified atom stereocenters. The van der Waals surface area contributed by atoms with Gasteiger partial charge >= 0.3 is 5.97 Å². The number of carbonyl (C=O) groups is 1. The molecule has 0 aliphatic carbocycles. The second-order valence-corrected chi connectivity index (χ2v) is 6.02. The maximum atomic E-state index is 14.5. The molecule has 0 saturated heterocycles. The van der Waals surface area contributed by atoms with Gasteiger partial charge in [-0.3, -0.25) is 4.99 Å². The van der Waals surface area contributed by atoms with E-state index in [2.05, 4.69) is 4.99 Å². The van der Waals surface area contributed by atoms with Crippen molar-refractivity contribution in [3.05, 3.63) is 89.0 Å². The monoisotopic (exact) mass is 365 g/mol. The van der Waals surface area contributed by atoms with E-state index in [1.807, 2.05) is 12.1 Å². The molecule has 3 nitrogen and oxygen atoms in total. The molecular formula is C22H17F2NO2. The Hall–Kier alpha value is -3.34. The van der Waals surface area contributed by atoms with E-state index >= 15 is 0 Å². The Kier molecular flexibility index (Phi) is 5.41. The largest absolute Gasteiger partial charge is 0.423 e. The minimum absolute atomic E-state index is 0.0101. The summed E-state index contributed by atoms with van der Waals surface area (Å²) in [6.45, 7) is 1.72. The highest BCUT2D eigenvalue weighted by Crippen LogP contribution is 2.27. The summed E-state index contributed by atoms with van der Waals surface area (Å²) in [5.74, 6) is -2.08. The van der Waals surface area contributed by atoms with E-state index < -0.39 is 17.6 Å². The standard InChI is InChI=1S/C22H17F2NO2/c1-14-3-9-19(20(23)11-14)22(26)27-17-8-10-18(21(24)12-17)16-6-4-15(5-7-16)13-25-2/h3-13H,1-2H3/b25-13-. The third-order valence-corrected chi connectivity index (χ3v) is 4.00. The summed E-state index contributed by atoms with van der Waals surface area (Å²) in [6.07, 6.45) is 1.70. The number of ether oxygens (including phenoxy) is 1. The van der Waals surface area contributed by atoms with Crippen molar-refractivity contribution < 1.29 is 18.3 Å². The van der Waals surface area contributed by atoms with Crippen LogP contribution in [0.5, 0.6) is 5.75 Å². The minimum Gasteiger partial charge on any atom is -0.423 e. The molecule has 3 aromatic carbocycles. The molecule has 5 heteroatoms. The van der Waals surface area contributed by atoms with Gasteiger partial charge in [-0.25, -0.2) is 13.6 Å². The zero-order valence-corrected chi connectivity index (χ0v) is 14.9. The van der Waals surface area contributed by atoms with E-state index in [1.54, 1.807) is 38.4 Å². The van der Waals surface area contributed by atoms with Crippen molar-refractivity contribution in [2.24, 2.45) is 4.99 Å². The molecular weight excluding hydrogens is 348 g/mol. The van der Waals surface area contributed by atoms with E-state index in [9.17, 15) is 13.6 Å². The molecule has 27 heavy (non-hydrogen) atoms. The first-order valence-corrected chi connectivity index (χ1v) is 8.28. The number of esters is 1. The van der Waals surface area contributed by atoms with Gasteiger partial charge in [-0.1, -0.05) is 30.3 Å². The number of hydrogen-bond acceptors (Lipinski definition) is 3. The van der Waals surface area contributed by atoms with Crippen LogP contribution in [-0.4, -0.2) is 19.2 Å². The van der Waals surface area contributed by atoms with Crippen LogP contribution < -0.4 is 4.74 Å². The molecule has 3 rings (SSSR count). The van der Waals surface area contributed by atoms with Crippen molar-refractivity contribution in [2.75, 3.05) is 7.05 Å². The third-order valence-electron chi connectivity index (χ3n) is 4.00. The fraction of sp³-hybridized carbons (Fsp3) is 0.0909. The van der Waals surface area contributed by atoms with Crippen molar-refractivity contribution in [3.8, 4) is 16.9 Å². The Labute approximate surface area is 156 Å². The third kappa shape index (κ3) is 4.26. The van der Waals surface area contributed by atoms with Crippen LogP contribution in [0.25, 0.3) is 11.1 Å². The number of aryl methyl sites for hydroxylation is 1. The zero-order chi connectivity index (χ0) is 19.4. The van der Waals surface area contributed by atoms with Crippen LogP contribution in [0.4, 0.5) is 8.78 Å². The fourth-order valence-corrected chi connectivity index (χ4v) is 2.64. The normalized spacial score (nSPS) is 11.0.